The molecule has 2 fully saturated rings. The maximum absolute atomic E-state index is 11.6. The quantitative estimate of drug-likeness (QED) is 0.705. The average Bonchev–Trinajstić information content (AvgIpc) is 2.64. The Labute approximate surface area is 173 Å². The minimum absolute atomic E-state index is 0.0410. The highest BCUT2D eigenvalue weighted by Crippen LogP contribution is 2.62. The van der Waals surface area contributed by atoms with Crippen LogP contribution in [0.3, 0.4) is 0 Å². The van der Waals surface area contributed by atoms with Gasteiger partial charge in [0.15, 0.2) is 0 Å². The number of fused-ring (bicyclic) bond motifs is 2. The second kappa shape index (κ2) is 6.98. The molecular weight excluding hydrogens is 368 g/mol. The summed E-state index contributed by atoms with van der Waals surface area (Å²) in [5, 5.41) is 21.9. The molecule has 4 aliphatic rings. The molecule has 5 heteroatoms. The Balaban J connectivity index is 1.54. The van der Waals surface area contributed by atoms with Crippen molar-refractivity contribution < 1.29 is 24.5 Å². The van der Waals surface area contributed by atoms with Crippen LogP contribution in [0.5, 0.6) is 0 Å². The standard InChI is InChI=1S/C24H34O5/c1-22(2)18-9-12-24(4,27)19(23(18,3)11-10-20(22)25)14-28-16-7-5-15-6-8-21(26)29-17(15)13-16/h5-7,13,17-20,25,27H,8-12,14H2,1-4H3. The molecule has 5 nitrogen and oxygen atoms in total. The zero-order valence-electron chi connectivity index (χ0n) is 18.0. The fourth-order valence-electron chi connectivity index (χ4n) is 6.41. The molecule has 0 aromatic carbocycles. The monoisotopic (exact) mass is 402 g/mol. The topological polar surface area (TPSA) is 76.0 Å². The average molecular weight is 403 g/mol. The third-order valence-corrected chi connectivity index (χ3v) is 8.26. The van der Waals surface area contributed by atoms with Gasteiger partial charge in [-0.1, -0.05) is 32.9 Å². The summed E-state index contributed by atoms with van der Waals surface area (Å²) in [5.41, 5.74) is -0.116. The predicted molar refractivity (Wildman–Crippen MR) is 110 cm³/mol. The number of allylic oxidation sites excluding steroid dienone is 1. The summed E-state index contributed by atoms with van der Waals surface area (Å²) in [6, 6.07) is 0. The van der Waals surface area contributed by atoms with E-state index in [1.165, 1.54) is 0 Å². The number of hydrogen-bond donors (Lipinski definition) is 2. The van der Waals surface area contributed by atoms with Gasteiger partial charge in [0.1, 0.15) is 11.9 Å². The number of ether oxygens (including phenoxy) is 2. The molecule has 0 spiro atoms. The Morgan fingerprint density at radius 2 is 1.93 bits per heavy atom. The van der Waals surface area contributed by atoms with Crippen LogP contribution in [0, 0.1) is 22.7 Å². The van der Waals surface area contributed by atoms with Crippen LogP contribution in [-0.4, -0.2) is 40.6 Å². The van der Waals surface area contributed by atoms with E-state index in [4.69, 9.17) is 9.47 Å². The van der Waals surface area contributed by atoms with Gasteiger partial charge in [0.2, 0.25) is 0 Å². The largest absolute Gasteiger partial charge is 0.493 e. The van der Waals surface area contributed by atoms with Gasteiger partial charge in [0.05, 0.1) is 24.7 Å². The number of aliphatic hydroxyl groups is 2. The lowest BCUT2D eigenvalue weighted by atomic mass is 9.45. The molecule has 0 aromatic rings. The summed E-state index contributed by atoms with van der Waals surface area (Å²) in [4.78, 5) is 11.6. The predicted octanol–water partition coefficient (Wildman–Crippen LogP) is 3.66. The molecule has 2 N–H and O–H groups in total. The van der Waals surface area contributed by atoms with E-state index in [2.05, 4.69) is 20.8 Å². The molecule has 0 bridgehead atoms. The van der Waals surface area contributed by atoms with Crippen LogP contribution in [0.25, 0.3) is 0 Å². The first-order valence-electron chi connectivity index (χ1n) is 10.9. The summed E-state index contributed by atoms with van der Waals surface area (Å²) >= 11 is 0. The summed E-state index contributed by atoms with van der Waals surface area (Å²) in [5.74, 6) is 0.745. The van der Waals surface area contributed by atoms with E-state index in [1.807, 2.05) is 31.2 Å². The first-order valence-corrected chi connectivity index (χ1v) is 10.9. The van der Waals surface area contributed by atoms with Crippen molar-refractivity contribution in [1.82, 2.24) is 0 Å². The number of carbonyl (C=O) groups is 1. The van der Waals surface area contributed by atoms with Gasteiger partial charge >= 0.3 is 5.97 Å². The fraction of sp³-hybridized carbons (Fsp3) is 0.708. The van der Waals surface area contributed by atoms with Crippen molar-refractivity contribution in [3.63, 3.8) is 0 Å². The smallest absolute Gasteiger partial charge is 0.310 e. The van der Waals surface area contributed by atoms with Crippen LogP contribution in [-0.2, 0) is 14.3 Å². The number of esters is 1. The number of carbonyl (C=O) groups excluding carboxylic acids is 1. The van der Waals surface area contributed by atoms with E-state index in [-0.39, 0.29) is 34.9 Å². The first-order chi connectivity index (χ1) is 13.5. The Hall–Kier alpha value is -1.59. The maximum atomic E-state index is 11.6. The SMILES string of the molecule is CC1(O)CCC2C(C)(C)C(O)CCC2(C)C1COC1=CC2OC(=O)CC=C2C=C1. The normalized spacial score (nSPS) is 43.4. The third-order valence-electron chi connectivity index (χ3n) is 8.26. The third kappa shape index (κ3) is 3.46. The van der Waals surface area contributed by atoms with Crippen molar-refractivity contribution in [1.29, 1.82) is 0 Å². The molecule has 29 heavy (non-hydrogen) atoms. The van der Waals surface area contributed by atoms with Gasteiger partial charge in [-0.25, -0.2) is 0 Å². The highest BCUT2D eigenvalue weighted by atomic mass is 16.5. The lowest BCUT2D eigenvalue weighted by molar-refractivity contribution is -0.204. The molecule has 160 valence electrons. The highest BCUT2D eigenvalue weighted by Gasteiger charge is 2.60. The first kappa shape index (κ1) is 20.7. The molecule has 0 saturated heterocycles. The summed E-state index contributed by atoms with van der Waals surface area (Å²) < 4.78 is 11.6. The molecule has 0 radical (unpaired) electrons. The zero-order chi connectivity index (χ0) is 21.0. The molecule has 0 aromatic heterocycles. The molecule has 3 aliphatic carbocycles. The van der Waals surface area contributed by atoms with Crippen molar-refractivity contribution in [2.24, 2.45) is 22.7 Å². The van der Waals surface area contributed by atoms with Crippen molar-refractivity contribution in [2.45, 2.75) is 77.6 Å². The molecule has 6 atom stereocenters. The lowest BCUT2D eigenvalue weighted by Crippen LogP contribution is -2.61. The number of rotatable bonds is 3. The van der Waals surface area contributed by atoms with Crippen LogP contribution >= 0.6 is 0 Å². The minimum Gasteiger partial charge on any atom is -0.493 e. The Morgan fingerprint density at radius 1 is 1.17 bits per heavy atom. The van der Waals surface area contributed by atoms with E-state index in [1.54, 1.807) is 0 Å². The Kier molecular flexibility index (Phi) is 4.98. The Bertz CT molecular complexity index is 774. The van der Waals surface area contributed by atoms with Crippen LogP contribution in [0.2, 0.25) is 0 Å². The van der Waals surface area contributed by atoms with E-state index in [0.717, 1.165) is 24.8 Å². The molecular formula is C24H34O5. The highest BCUT2D eigenvalue weighted by molar-refractivity contribution is 5.74. The van der Waals surface area contributed by atoms with Gasteiger partial charge in [0.25, 0.3) is 0 Å². The van der Waals surface area contributed by atoms with E-state index in [9.17, 15) is 15.0 Å². The molecule has 4 rings (SSSR count). The van der Waals surface area contributed by atoms with Crippen molar-refractivity contribution in [3.05, 3.63) is 35.6 Å². The van der Waals surface area contributed by atoms with Gasteiger partial charge in [-0.2, -0.15) is 0 Å². The minimum atomic E-state index is -0.815. The van der Waals surface area contributed by atoms with Crippen LogP contribution in [0.4, 0.5) is 0 Å². The Morgan fingerprint density at radius 3 is 2.69 bits per heavy atom. The van der Waals surface area contributed by atoms with Gasteiger partial charge < -0.3 is 19.7 Å². The van der Waals surface area contributed by atoms with Gasteiger partial charge in [0, 0.05) is 12.0 Å². The van der Waals surface area contributed by atoms with Crippen LogP contribution in [0.1, 0.15) is 59.8 Å². The van der Waals surface area contributed by atoms with Gasteiger partial charge in [-0.05, 0) is 61.0 Å². The van der Waals surface area contributed by atoms with E-state index in [0.29, 0.717) is 31.1 Å². The summed E-state index contributed by atoms with van der Waals surface area (Å²) in [6.45, 7) is 8.92. The number of aliphatic hydroxyl groups excluding tert-OH is 1. The second-order valence-corrected chi connectivity index (χ2v) is 10.4. The van der Waals surface area contributed by atoms with Crippen molar-refractivity contribution in [3.8, 4) is 0 Å². The molecule has 1 heterocycles. The fourth-order valence-corrected chi connectivity index (χ4v) is 6.41. The van der Waals surface area contributed by atoms with E-state index < -0.39 is 5.60 Å². The van der Waals surface area contributed by atoms with Gasteiger partial charge in [-0.3, -0.25) is 4.79 Å². The van der Waals surface area contributed by atoms with Crippen LogP contribution in [0.15, 0.2) is 35.6 Å². The molecule has 0 amide bonds. The number of hydrogen-bond acceptors (Lipinski definition) is 5. The summed E-state index contributed by atoms with van der Waals surface area (Å²) in [7, 11) is 0. The van der Waals surface area contributed by atoms with Crippen LogP contribution < -0.4 is 0 Å². The molecule has 6 unspecified atom stereocenters. The lowest BCUT2D eigenvalue weighted by Gasteiger charge is -2.62. The maximum Gasteiger partial charge on any atom is 0.310 e. The van der Waals surface area contributed by atoms with E-state index >= 15 is 0 Å². The zero-order valence-corrected chi connectivity index (χ0v) is 18.0. The second-order valence-electron chi connectivity index (χ2n) is 10.4. The van der Waals surface area contributed by atoms with Gasteiger partial charge in [-0.15, -0.1) is 0 Å². The summed E-state index contributed by atoms with van der Waals surface area (Å²) in [6.07, 6.45) is 10.5. The molecule has 1 aliphatic heterocycles. The van der Waals surface area contributed by atoms with Crippen molar-refractivity contribution >= 4 is 5.97 Å². The molecule has 2 saturated carbocycles. The van der Waals surface area contributed by atoms with Crippen molar-refractivity contribution in [2.75, 3.05) is 6.61 Å².